The zero-order valence-corrected chi connectivity index (χ0v) is 12.5. The molecule has 0 atom stereocenters. The van der Waals surface area contributed by atoms with E-state index in [1.807, 2.05) is 26.0 Å². The fourth-order valence-electron chi connectivity index (χ4n) is 1.75. The highest BCUT2D eigenvalue weighted by atomic mass is 32.1. The second kappa shape index (κ2) is 7.40. The summed E-state index contributed by atoms with van der Waals surface area (Å²) in [5, 5.41) is 5.83. The number of amides is 1. The van der Waals surface area contributed by atoms with E-state index in [2.05, 4.69) is 29.9 Å². The van der Waals surface area contributed by atoms with Crippen molar-refractivity contribution in [2.75, 3.05) is 5.32 Å². The lowest BCUT2D eigenvalue weighted by molar-refractivity contribution is -0.115. The molecule has 2 N–H and O–H groups in total. The maximum atomic E-state index is 11.9. The van der Waals surface area contributed by atoms with E-state index in [9.17, 15) is 4.79 Å². The highest BCUT2D eigenvalue weighted by Gasteiger charge is 2.07. The van der Waals surface area contributed by atoms with E-state index in [0.717, 1.165) is 16.8 Å². The average Bonchev–Trinajstić information content (AvgIpc) is 2.34. The third-order valence-electron chi connectivity index (χ3n) is 2.49. The van der Waals surface area contributed by atoms with Gasteiger partial charge in [0.2, 0.25) is 0 Å². The Morgan fingerprint density at radius 3 is 2.30 bits per heavy atom. The molecule has 0 spiro atoms. The molecule has 0 aliphatic heterocycles. The third-order valence-corrected chi connectivity index (χ3v) is 2.69. The molecule has 0 aromatic heterocycles. The summed E-state index contributed by atoms with van der Waals surface area (Å²) in [5.41, 5.74) is 3.50. The Bertz CT molecular complexity index is 568. The number of rotatable bonds is 4. The van der Waals surface area contributed by atoms with Gasteiger partial charge in [-0.05, 0) is 49.3 Å². The van der Waals surface area contributed by atoms with E-state index in [0.29, 0.717) is 5.57 Å². The Morgan fingerprint density at radius 1 is 1.20 bits per heavy atom. The van der Waals surface area contributed by atoms with E-state index in [1.165, 1.54) is 12.2 Å². The minimum atomic E-state index is -0.318. The SMILES string of the molecule is C=C/C=C(\C=C)C(=O)NC(=S)Nc1cc(C)cc(C)c1. The van der Waals surface area contributed by atoms with Crippen molar-refractivity contribution in [3.8, 4) is 0 Å². The molecule has 0 aliphatic carbocycles. The van der Waals surface area contributed by atoms with Gasteiger partial charge in [-0.15, -0.1) is 0 Å². The molecule has 20 heavy (non-hydrogen) atoms. The highest BCUT2D eigenvalue weighted by molar-refractivity contribution is 7.80. The van der Waals surface area contributed by atoms with Crippen molar-refractivity contribution in [2.45, 2.75) is 13.8 Å². The first kappa shape index (κ1) is 15.9. The standard InChI is InChI=1S/C16H18N2OS/c1-5-7-13(6-2)15(19)18-16(20)17-14-9-11(3)8-12(4)10-14/h5-10H,1-2H2,3-4H3,(H2,17,18,19,20)/b13-7+. The van der Waals surface area contributed by atoms with Crippen LogP contribution in [0, 0.1) is 13.8 Å². The maximum Gasteiger partial charge on any atom is 0.257 e. The lowest BCUT2D eigenvalue weighted by atomic mass is 10.1. The van der Waals surface area contributed by atoms with Crippen LogP contribution < -0.4 is 10.6 Å². The summed E-state index contributed by atoms with van der Waals surface area (Å²) in [7, 11) is 0. The Labute approximate surface area is 125 Å². The Morgan fingerprint density at radius 2 is 1.80 bits per heavy atom. The molecule has 0 saturated heterocycles. The van der Waals surface area contributed by atoms with Gasteiger partial charge in [0.1, 0.15) is 0 Å². The van der Waals surface area contributed by atoms with Crippen LogP contribution in [0.2, 0.25) is 0 Å². The summed E-state index contributed by atoms with van der Waals surface area (Å²) in [6, 6.07) is 5.98. The zero-order chi connectivity index (χ0) is 15.1. The van der Waals surface area contributed by atoms with Gasteiger partial charge >= 0.3 is 0 Å². The Kier molecular flexibility index (Phi) is 5.87. The van der Waals surface area contributed by atoms with Gasteiger partial charge in [-0.1, -0.05) is 37.5 Å². The summed E-state index contributed by atoms with van der Waals surface area (Å²) in [4.78, 5) is 11.9. The van der Waals surface area contributed by atoms with Gasteiger partial charge in [-0.3, -0.25) is 10.1 Å². The minimum absolute atomic E-state index is 0.247. The van der Waals surface area contributed by atoms with Crippen LogP contribution >= 0.6 is 12.2 Å². The van der Waals surface area contributed by atoms with Crippen LogP contribution in [0.15, 0.2) is 55.2 Å². The van der Waals surface area contributed by atoms with Gasteiger partial charge in [0.25, 0.3) is 5.91 Å². The fourth-order valence-corrected chi connectivity index (χ4v) is 1.96. The summed E-state index contributed by atoms with van der Waals surface area (Å²) in [6.45, 7) is 11.1. The molecule has 0 bridgehead atoms. The number of aryl methyl sites for hydroxylation is 2. The van der Waals surface area contributed by atoms with Crippen molar-refractivity contribution in [3.63, 3.8) is 0 Å². The van der Waals surface area contributed by atoms with Crippen molar-refractivity contribution in [2.24, 2.45) is 0 Å². The van der Waals surface area contributed by atoms with Crippen molar-refractivity contribution >= 4 is 28.9 Å². The molecule has 0 fully saturated rings. The number of hydrogen-bond donors (Lipinski definition) is 2. The normalized spacial score (nSPS) is 10.6. The van der Waals surface area contributed by atoms with Crippen LogP contribution in [-0.2, 0) is 4.79 Å². The molecule has 0 aliphatic rings. The first-order chi connectivity index (χ1) is 9.46. The van der Waals surface area contributed by atoms with E-state index >= 15 is 0 Å². The first-order valence-electron chi connectivity index (χ1n) is 6.12. The highest BCUT2D eigenvalue weighted by Crippen LogP contribution is 2.13. The summed E-state index contributed by atoms with van der Waals surface area (Å²) >= 11 is 5.12. The van der Waals surface area contributed by atoms with Crippen LogP contribution in [0.5, 0.6) is 0 Å². The van der Waals surface area contributed by atoms with Crippen molar-refractivity contribution in [1.29, 1.82) is 0 Å². The molecule has 0 heterocycles. The van der Waals surface area contributed by atoms with Gasteiger partial charge < -0.3 is 5.32 Å². The molecule has 1 rings (SSSR count). The number of hydrogen-bond acceptors (Lipinski definition) is 2. The monoisotopic (exact) mass is 286 g/mol. The van der Waals surface area contributed by atoms with Crippen LogP contribution in [0.1, 0.15) is 11.1 Å². The number of carbonyl (C=O) groups excluding carboxylic acids is 1. The fraction of sp³-hybridized carbons (Fsp3) is 0.125. The molecule has 104 valence electrons. The summed E-state index contributed by atoms with van der Waals surface area (Å²) < 4.78 is 0. The van der Waals surface area contributed by atoms with Crippen LogP contribution in [-0.4, -0.2) is 11.0 Å². The molecule has 1 amide bonds. The lowest BCUT2D eigenvalue weighted by Crippen LogP contribution is -2.34. The second-order valence-corrected chi connectivity index (χ2v) is 4.75. The van der Waals surface area contributed by atoms with E-state index in [4.69, 9.17) is 12.2 Å². The van der Waals surface area contributed by atoms with Gasteiger partial charge in [0.05, 0.1) is 0 Å². The van der Waals surface area contributed by atoms with Crippen molar-refractivity contribution in [1.82, 2.24) is 5.32 Å². The van der Waals surface area contributed by atoms with E-state index < -0.39 is 0 Å². The van der Waals surface area contributed by atoms with Gasteiger partial charge in [-0.2, -0.15) is 0 Å². The smallest absolute Gasteiger partial charge is 0.257 e. The summed E-state index contributed by atoms with van der Waals surface area (Å²) in [6.07, 6.45) is 4.55. The number of thiocarbonyl (C=S) groups is 1. The van der Waals surface area contributed by atoms with E-state index in [1.54, 1.807) is 6.08 Å². The lowest BCUT2D eigenvalue weighted by Gasteiger charge is -2.11. The van der Waals surface area contributed by atoms with E-state index in [-0.39, 0.29) is 11.0 Å². The van der Waals surface area contributed by atoms with Gasteiger partial charge in [0.15, 0.2) is 5.11 Å². The molecule has 0 radical (unpaired) electrons. The minimum Gasteiger partial charge on any atom is -0.332 e. The second-order valence-electron chi connectivity index (χ2n) is 4.35. The number of benzene rings is 1. The Hall–Kier alpha value is -2.20. The molecule has 3 nitrogen and oxygen atoms in total. The van der Waals surface area contributed by atoms with Crippen LogP contribution in [0.25, 0.3) is 0 Å². The molecule has 0 saturated carbocycles. The Balaban J connectivity index is 2.72. The van der Waals surface area contributed by atoms with Crippen LogP contribution in [0.4, 0.5) is 5.69 Å². The first-order valence-corrected chi connectivity index (χ1v) is 6.53. The molecule has 1 aromatic rings. The third kappa shape index (κ3) is 4.82. The largest absolute Gasteiger partial charge is 0.332 e. The zero-order valence-electron chi connectivity index (χ0n) is 11.7. The predicted octanol–water partition coefficient (Wildman–Crippen LogP) is 3.41. The van der Waals surface area contributed by atoms with Crippen molar-refractivity contribution in [3.05, 3.63) is 66.3 Å². The molecule has 4 heteroatoms. The molecule has 1 aromatic carbocycles. The number of carbonyl (C=O) groups is 1. The van der Waals surface area contributed by atoms with Crippen molar-refractivity contribution < 1.29 is 4.79 Å². The quantitative estimate of drug-likeness (QED) is 0.506. The van der Waals surface area contributed by atoms with Crippen LogP contribution in [0.3, 0.4) is 0 Å². The van der Waals surface area contributed by atoms with Gasteiger partial charge in [-0.25, -0.2) is 0 Å². The molecule has 0 unspecified atom stereocenters. The maximum absolute atomic E-state index is 11.9. The number of allylic oxidation sites excluding steroid dienone is 2. The molecular weight excluding hydrogens is 268 g/mol. The average molecular weight is 286 g/mol. The topological polar surface area (TPSA) is 41.1 Å². The number of anilines is 1. The molecular formula is C16H18N2OS. The van der Waals surface area contributed by atoms with Gasteiger partial charge in [0, 0.05) is 11.3 Å². The summed E-state index contributed by atoms with van der Waals surface area (Å²) in [5.74, 6) is -0.318. The predicted molar refractivity (Wildman–Crippen MR) is 88.8 cm³/mol. The number of nitrogens with one attached hydrogen (secondary N) is 2.